The Hall–Kier alpha value is -0.180. The van der Waals surface area contributed by atoms with Crippen LogP contribution in [0.1, 0.15) is 39.5 Å². The maximum atomic E-state index is 11.4. The minimum absolute atomic E-state index is 0.0714. The molecule has 1 rings (SSSR count). The molecule has 1 N–H and O–H groups in total. The van der Waals surface area contributed by atoms with Gasteiger partial charge in [-0.25, -0.2) is 0 Å². The van der Waals surface area contributed by atoms with Gasteiger partial charge >= 0.3 is 0 Å². The topological polar surface area (TPSA) is 29.1 Å². The first-order valence-electron chi connectivity index (χ1n) is 5.09. The zero-order valence-corrected chi connectivity index (χ0v) is 9.31. The summed E-state index contributed by atoms with van der Waals surface area (Å²) in [5, 5.41) is 2.87. The van der Waals surface area contributed by atoms with Gasteiger partial charge in [-0.1, -0.05) is 19.8 Å². The van der Waals surface area contributed by atoms with Crippen molar-refractivity contribution in [3.8, 4) is 0 Å². The van der Waals surface area contributed by atoms with E-state index in [4.69, 9.17) is 0 Å². The van der Waals surface area contributed by atoms with Gasteiger partial charge in [-0.3, -0.25) is 4.79 Å². The van der Waals surface area contributed by atoms with Gasteiger partial charge in [0.2, 0.25) is 5.91 Å². The summed E-state index contributed by atoms with van der Waals surface area (Å²) >= 11 is 4.11. The highest BCUT2D eigenvalue weighted by Crippen LogP contribution is 2.23. The Morgan fingerprint density at radius 1 is 1.46 bits per heavy atom. The summed E-state index contributed by atoms with van der Waals surface area (Å²) in [4.78, 5) is 11.4. The van der Waals surface area contributed by atoms with Crippen LogP contribution in [0.3, 0.4) is 0 Å². The number of hydrogen-bond donors (Lipinski definition) is 2. The summed E-state index contributed by atoms with van der Waals surface area (Å²) in [6.45, 7) is 4.03. The highest BCUT2D eigenvalue weighted by molar-refractivity contribution is 7.81. The molecule has 1 saturated carbocycles. The lowest BCUT2D eigenvalue weighted by atomic mass is 9.86. The average molecular weight is 201 g/mol. The predicted molar refractivity (Wildman–Crippen MR) is 58.0 cm³/mol. The molecule has 0 heterocycles. The van der Waals surface area contributed by atoms with Crippen LogP contribution in [0.5, 0.6) is 0 Å². The Bertz CT molecular complexity index is 182. The molecule has 0 saturated heterocycles. The molecule has 0 aromatic rings. The van der Waals surface area contributed by atoms with Crippen molar-refractivity contribution in [3.63, 3.8) is 0 Å². The molecule has 0 aromatic heterocycles. The number of rotatable bonds is 2. The third-order valence-electron chi connectivity index (χ3n) is 2.82. The van der Waals surface area contributed by atoms with Gasteiger partial charge in [0, 0.05) is 6.04 Å². The zero-order chi connectivity index (χ0) is 9.84. The second kappa shape index (κ2) is 4.89. The van der Waals surface area contributed by atoms with Gasteiger partial charge in [-0.2, -0.15) is 12.6 Å². The molecule has 0 spiro atoms. The second-order valence-corrected chi connectivity index (χ2v) is 4.83. The fourth-order valence-electron chi connectivity index (χ4n) is 1.83. The van der Waals surface area contributed by atoms with Crippen molar-refractivity contribution in [3.05, 3.63) is 0 Å². The third kappa shape index (κ3) is 3.22. The molecular formula is C10H19NOS. The van der Waals surface area contributed by atoms with Gasteiger partial charge in [0.25, 0.3) is 0 Å². The van der Waals surface area contributed by atoms with Gasteiger partial charge in [-0.05, 0) is 25.7 Å². The number of amides is 1. The van der Waals surface area contributed by atoms with Gasteiger partial charge in [0.1, 0.15) is 0 Å². The Balaban J connectivity index is 2.38. The van der Waals surface area contributed by atoms with Crippen molar-refractivity contribution >= 4 is 18.5 Å². The number of thiol groups is 1. The van der Waals surface area contributed by atoms with Crippen LogP contribution in [0.4, 0.5) is 0 Å². The van der Waals surface area contributed by atoms with E-state index in [-0.39, 0.29) is 11.2 Å². The van der Waals surface area contributed by atoms with Crippen molar-refractivity contribution in [2.75, 3.05) is 0 Å². The number of nitrogens with one attached hydrogen (secondary N) is 1. The normalized spacial score (nSPS) is 31.0. The van der Waals surface area contributed by atoms with E-state index in [0.29, 0.717) is 12.0 Å². The minimum Gasteiger partial charge on any atom is -0.352 e. The molecule has 3 heteroatoms. The fourth-order valence-corrected chi connectivity index (χ4v) is 1.91. The monoisotopic (exact) mass is 201 g/mol. The average Bonchev–Trinajstić information content (AvgIpc) is 2.08. The summed E-state index contributed by atoms with van der Waals surface area (Å²) in [5.41, 5.74) is 0. The van der Waals surface area contributed by atoms with E-state index in [9.17, 15) is 4.79 Å². The molecule has 0 radical (unpaired) electrons. The molecule has 1 aliphatic rings. The predicted octanol–water partition coefficient (Wildman–Crippen LogP) is 2.00. The van der Waals surface area contributed by atoms with Crippen LogP contribution >= 0.6 is 12.6 Å². The van der Waals surface area contributed by atoms with E-state index in [0.717, 1.165) is 6.42 Å². The van der Waals surface area contributed by atoms with Gasteiger partial charge in [0.05, 0.1) is 5.25 Å². The first-order valence-corrected chi connectivity index (χ1v) is 5.61. The lowest BCUT2D eigenvalue weighted by molar-refractivity contribution is -0.121. The Labute approximate surface area is 85.9 Å². The van der Waals surface area contributed by atoms with Crippen LogP contribution < -0.4 is 5.32 Å². The number of hydrogen-bond acceptors (Lipinski definition) is 2. The van der Waals surface area contributed by atoms with E-state index in [1.807, 2.05) is 6.92 Å². The standard InChI is InChI=1S/C10H19NOS/c1-7-5-3-4-6-9(7)11-10(12)8(2)13/h7-9,13H,3-6H2,1-2H3,(H,11,12). The largest absolute Gasteiger partial charge is 0.352 e. The van der Waals surface area contributed by atoms with Crippen molar-refractivity contribution < 1.29 is 4.79 Å². The lowest BCUT2D eigenvalue weighted by Gasteiger charge is -2.29. The van der Waals surface area contributed by atoms with E-state index < -0.39 is 0 Å². The van der Waals surface area contributed by atoms with Crippen LogP contribution in [0, 0.1) is 5.92 Å². The Morgan fingerprint density at radius 2 is 2.08 bits per heavy atom. The molecule has 1 amide bonds. The highest BCUT2D eigenvalue weighted by atomic mass is 32.1. The van der Waals surface area contributed by atoms with Crippen LogP contribution in [-0.2, 0) is 4.79 Å². The van der Waals surface area contributed by atoms with Crippen molar-refractivity contribution in [2.24, 2.45) is 5.92 Å². The van der Waals surface area contributed by atoms with Crippen LogP contribution in [0.2, 0.25) is 0 Å². The van der Waals surface area contributed by atoms with Crippen molar-refractivity contribution in [1.82, 2.24) is 5.32 Å². The molecule has 1 aliphatic carbocycles. The molecule has 3 unspecified atom stereocenters. The second-order valence-electron chi connectivity index (χ2n) is 4.05. The van der Waals surface area contributed by atoms with E-state index in [2.05, 4.69) is 24.9 Å². The molecule has 76 valence electrons. The summed E-state index contributed by atoms with van der Waals surface area (Å²) in [5.74, 6) is 0.701. The van der Waals surface area contributed by atoms with Crippen molar-refractivity contribution in [1.29, 1.82) is 0 Å². The summed E-state index contributed by atoms with van der Waals surface area (Å²) in [7, 11) is 0. The first kappa shape index (κ1) is 10.9. The number of carbonyl (C=O) groups is 1. The van der Waals surface area contributed by atoms with Crippen LogP contribution in [0.15, 0.2) is 0 Å². The van der Waals surface area contributed by atoms with E-state index in [1.165, 1.54) is 19.3 Å². The Kier molecular flexibility index (Phi) is 4.10. The zero-order valence-electron chi connectivity index (χ0n) is 8.42. The summed E-state index contributed by atoms with van der Waals surface area (Å²) < 4.78 is 0. The van der Waals surface area contributed by atoms with Crippen LogP contribution in [-0.4, -0.2) is 17.2 Å². The van der Waals surface area contributed by atoms with Crippen LogP contribution in [0.25, 0.3) is 0 Å². The SMILES string of the molecule is CC(S)C(=O)NC1CCCCC1C. The molecule has 13 heavy (non-hydrogen) atoms. The van der Waals surface area contributed by atoms with Gasteiger partial charge in [-0.15, -0.1) is 0 Å². The minimum atomic E-state index is -0.186. The van der Waals surface area contributed by atoms with E-state index >= 15 is 0 Å². The smallest absolute Gasteiger partial charge is 0.232 e. The maximum Gasteiger partial charge on any atom is 0.232 e. The van der Waals surface area contributed by atoms with Gasteiger partial charge in [0.15, 0.2) is 0 Å². The summed E-state index contributed by atoms with van der Waals surface area (Å²) in [6, 6.07) is 0.385. The molecule has 0 aliphatic heterocycles. The molecule has 3 atom stereocenters. The highest BCUT2D eigenvalue weighted by Gasteiger charge is 2.23. The molecule has 2 nitrogen and oxygen atoms in total. The molecule has 1 fully saturated rings. The van der Waals surface area contributed by atoms with Gasteiger partial charge < -0.3 is 5.32 Å². The maximum absolute atomic E-state index is 11.4. The van der Waals surface area contributed by atoms with E-state index in [1.54, 1.807) is 0 Å². The molecule has 0 aromatic carbocycles. The number of carbonyl (C=O) groups excluding carboxylic acids is 1. The quantitative estimate of drug-likeness (QED) is 0.657. The lowest BCUT2D eigenvalue weighted by Crippen LogP contribution is -2.43. The Morgan fingerprint density at radius 3 is 2.62 bits per heavy atom. The van der Waals surface area contributed by atoms with Crippen molar-refractivity contribution in [2.45, 2.75) is 50.8 Å². The fraction of sp³-hybridized carbons (Fsp3) is 0.900. The summed E-state index contributed by atoms with van der Waals surface area (Å²) in [6.07, 6.45) is 4.93. The molecular weight excluding hydrogens is 182 g/mol. The third-order valence-corrected chi connectivity index (χ3v) is 3.05. The molecule has 0 bridgehead atoms. The first-order chi connectivity index (χ1) is 6.11.